The van der Waals surface area contributed by atoms with E-state index in [2.05, 4.69) is 182 Å². The molecule has 0 nitrogen and oxygen atoms in total. The summed E-state index contributed by atoms with van der Waals surface area (Å²) >= 11 is 3.85. The first kappa shape index (κ1) is 30.2. The summed E-state index contributed by atoms with van der Waals surface area (Å²) in [6, 6.07) is 67.7. The fourth-order valence-electron chi connectivity index (χ4n) is 9.15. The first-order valence-corrected chi connectivity index (χ1v) is 20.1. The summed E-state index contributed by atoms with van der Waals surface area (Å²) in [6.07, 6.45) is 0. The van der Waals surface area contributed by atoms with Crippen LogP contribution in [0.2, 0.25) is 0 Å². The second-order valence-electron chi connectivity index (χ2n) is 14.3. The van der Waals surface area contributed by atoms with Crippen LogP contribution in [0.5, 0.6) is 0 Å². The summed E-state index contributed by atoms with van der Waals surface area (Å²) in [6.45, 7) is 0. The van der Waals surface area contributed by atoms with Crippen molar-refractivity contribution in [3.8, 4) is 33.4 Å². The molecule has 2 heteroatoms. The largest absolute Gasteiger partial charge is 0.135 e. The molecule has 0 radical (unpaired) electrons. The number of benzene rings is 10. The lowest BCUT2D eigenvalue weighted by Crippen LogP contribution is -1.92. The molecule has 2 aromatic heterocycles. The van der Waals surface area contributed by atoms with Gasteiger partial charge in [0.25, 0.3) is 0 Å². The average molecular weight is 719 g/mol. The van der Waals surface area contributed by atoms with Crippen LogP contribution in [0.3, 0.4) is 0 Å². The first-order chi connectivity index (χ1) is 26.8. The van der Waals surface area contributed by atoms with Gasteiger partial charge in [0.15, 0.2) is 0 Å². The fourth-order valence-corrected chi connectivity index (χ4v) is 11.6. The lowest BCUT2D eigenvalue weighted by molar-refractivity contribution is 1.65. The number of hydrogen-bond acceptors (Lipinski definition) is 2. The van der Waals surface area contributed by atoms with Crippen LogP contribution in [0.15, 0.2) is 182 Å². The Morgan fingerprint density at radius 2 is 0.870 bits per heavy atom. The summed E-state index contributed by atoms with van der Waals surface area (Å²) in [5, 5.41) is 15.7. The quantitative estimate of drug-likeness (QED) is 0.160. The molecule has 54 heavy (non-hydrogen) atoms. The van der Waals surface area contributed by atoms with Gasteiger partial charge in [0.05, 0.1) is 0 Å². The van der Waals surface area contributed by atoms with Crippen molar-refractivity contribution < 1.29 is 0 Å². The lowest BCUT2D eigenvalue weighted by atomic mass is 9.84. The molecule has 0 unspecified atom stereocenters. The smallest absolute Gasteiger partial charge is 0.0448 e. The van der Waals surface area contributed by atoms with Gasteiger partial charge in [-0.25, -0.2) is 0 Å². The molecule has 12 rings (SSSR count). The maximum absolute atomic E-state index is 2.46. The molecule has 0 fully saturated rings. The predicted molar refractivity (Wildman–Crippen MR) is 239 cm³/mol. The van der Waals surface area contributed by atoms with Crippen LogP contribution < -0.4 is 0 Å². The van der Waals surface area contributed by atoms with E-state index in [0.717, 1.165) is 0 Å². The van der Waals surface area contributed by atoms with Crippen molar-refractivity contribution >= 4 is 106 Å². The number of fused-ring (bicyclic) bond motifs is 12. The molecule has 2 heterocycles. The standard InChI is InChI=1S/C52H30S2/c1-2-17-34-31(13-1)14-12-25-37(34)49-41-23-7-5-21-39(41)48(40-22-6-8-24-42(40)49)33-16-11-15-32(29-33)44-30-47-50(38-20-4-3-18-35(38)44)51-46(53-47)28-27-43-36-19-9-10-26-45(36)54-52(43)51/h1-30H. The highest BCUT2D eigenvalue weighted by molar-refractivity contribution is 7.30. The Kier molecular flexibility index (Phi) is 6.48. The molecule has 0 spiro atoms. The zero-order valence-corrected chi connectivity index (χ0v) is 30.8. The van der Waals surface area contributed by atoms with Gasteiger partial charge in [0.1, 0.15) is 0 Å². The van der Waals surface area contributed by atoms with Crippen molar-refractivity contribution in [3.63, 3.8) is 0 Å². The Bertz CT molecular complexity index is 3440. The Morgan fingerprint density at radius 3 is 1.65 bits per heavy atom. The Morgan fingerprint density at radius 1 is 0.278 bits per heavy atom. The minimum absolute atomic E-state index is 1.23. The lowest BCUT2D eigenvalue weighted by Gasteiger charge is -2.19. The van der Waals surface area contributed by atoms with Gasteiger partial charge in [-0.3, -0.25) is 0 Å². The van der Waals surface area contributed by atoms with Crippen molar-refractivity contribution in [2.24, 2.45) is 0 Å². The molecule has 0 saturated carbocycles. The van der Waals surface area contributed by atoms with Crippen LogP contribution in [0.25, 0.3) is 117 Å². The maximum atomic E-state index is 2.46. The average Bonchev–Trinajstić information content (AvgIpc) is 3.81. The summed E-state index contributed by atoms with van der Waals surface area (Å²) in [5.41, 5.74) is 7.61. The monoisotopic (exact) mass is 718 g/mol. The molecule has 0 aliphatic heterocycles. The van der Waals surface area contributed by atoms with E-state index in [1.807, 2.05) is 22.7 Å². The van der Waals surface area contributed by atoms with Crippen LogP contribution in [0.1, 0.15) is 0 Å². The highest BCUT2D eigenvalue weighted by atomic mass is 32.1. The van der Waals surface area contributed by atoms with Crippen LogP contribution in [0.4, 0.5) is 0 Å². The van der Waals surface area contributed by atoms with Gasteiger partial charge < -0.3 is 0 Å². The molecule has 0 N–H and O–H groups in total. The van der Waals surface area contributed by atoms with Crippen molar-refractivity contribution in [3.05, 3.63) is 182 Å². The summed E-state index contributed by atoms with van der Waals surface area (Å²) in [7, 11) is 0. The Balaban J connectivity index is 1.12. The minimum Gasteiger partial charge on any atom is -0.135 e. The highest BCUT2D eigenvalue weighted by Crippen LogP contribution is 2.49. The maximum Gasteiger partial charge on any atom is 0.0448 e. The topological polar surface area (TPSA) is 0 Å². The van der Waals surface area contributed by atoms with E-state index in [4.69, 9.17) is 0 Å². The summed E-state index contributed by atoms with van der Waals surface area (Å²) in [4.78, 5) is 0. The molecule has 0 aliphatic rings. The third kappa shape index (κ3) is 4.30. The molecule has 0 aliphatic carbocycles. The minimum atomic E-state index is 1.23. The van der Waals surface area contributed by atoms with Crippen LogP contribution in [-0.2, 0) is 0 Å². The van der Waals surface area contributed by atoms with E-state index in [1.165, 1.54) is 117 Å². The second-order valence-corrected chi connectivity index (χ2v) is 16.4. The van der Waals surface area contributed by atoms with Gasteiger partial charge in [0.2, 0.25) is 0 Å². The van der Waals surface area contributed by atoms with Gasteiger partial charge in [-0.1, -0.05) is 158 Å². The molecule has 12 aromatic rings. The van der Waals surface area contributed by atoms with Crippen molar-refractivity contribution in [1.29, 1.82) is 0 Å². The zero-order chi connectivity index (χ0) is 35.3. The van der Waals surface area contributed by atoms with Gasteiger partial charge in [-0.05, 0) is 101 Å². The van der Waals surface area contributed by atoms with Crippen molar-refractivity contribution in [2.75, 3.05) is 0 Å². The molecule has 10 aromatic carbocycles. The molecule has 0 atom stereocenters. The van der Waals surface area contributed by atoms with Crippen molar-refractivity contribution in [2.45, 2.75) is 0 Å². The van der Waals surface area contributed by atoms with E-state index in [-0.39, 0.29) is 0 Å². The van der Waals surface area contributed by atoms with Crippen molar-refractivity contribution in [1.82, 2.24) is 0 Å². The number of thiophene rings is 2. The van der Waals surface area contributed by atoms with Gasteiger partial charge in [-0.2, -0.15) is 0 Å². The second kappa shape index (κ2) is 11.6. The third-order valence-electron chi connectivity index (χ3n) is 11.4. The Labute approximate surface area is 319 Å². The summed E-state index contributed by atoms with van der Waals surface area (Å²) in [5.74, 6) is 0. The fraction of sp³-hybridized carbons (Fsp3) is 0. The van der Waals surface area contributed by atoms with E-state index in [1.54, 1.807) is 0 Å². The SMILES string of the molecule is c1cc(-c2c3ccccc3c(-c3cccc4ccccc34)c3ccccc23)cc(-c2cc3sc4ccc5c6ccccc6sc5c4c3c3ccccc23)c1. The van der Waals surface area contributed by atoms with Crippen LogP contribution >= 0.6 is 22.7 Å². The van der Waals surface area contributed by atoms with E-state index < -0.39 is 0 Å². The predicted octanol–water partition coefficient (Wildman–Crippen LogP) is 16.0. The summed E-state index contributed by atoms with van der Waals surface area (Å²) < 4.78 is 5.43. The molecule has 0 saturated heterocycles. The number of rotatable bonds is 3. The van der Waals surface area contributed by atoms with E-state index in [0.29, 0.717) is 0 Å². The van der Waals surface area contributed by atoms with Crippen LogP contribution in [-0.4, -0.2) is 0 Å². The molecular weight excluding hydrogens is 689 g/mol. The highest BCUT2D eigenvalue weighted by Gasteiger charge is 2.20. The number of hydrogen-bond donors (Lipinski definition) is 0. The molecule has 0 bridgehead atoms. The van der Waals surface area contributed by atoms with Gasteiger partial charge in [0, 0.05) is 40.3 Å². The zero-order valence-electron chi connectivity index (χ0n) is 29.1. The molecule has 250 valence electrons. The first-order valence-electron chi connectivity index (χ1n) is 18.5. The third-order valence-corrected chi connectivity index (χ3v) is 13.7. The Hall–Kier alpha value is -6.32. The van der Waals surface area contributed by atoms with Crippen LogP contribution in [0, 0.1) is 0 Å². The van der Waals surface area contributed by atoms with Gasteiger partial charge >= 0.3 is 0 Å². The normalized spacial score (nSPS) is 12.1. The molecular formula is C52H30S2. The molecule has 0 amide bonds. The van der Waals surface area contributed by atoms with Gasteiger partial charge in [-0.15, -0.1) is 22.7 Å². The van der Waals surface area contributed by atoms with E-state index in [9.17, 15) is 0 Å². The van der Waals surface area contributed by atoms with E-state index >= 15 is 0 Å².